The number of hydrogen-bond acceptors (Lipinski definition) is 4. The van der Waals surface area contributed by atoms with Crippen LogP contribution in [0, 0.1) is 0 Å². The molecule has 1 amide bonds. The van der Waals surface area contributed by atoms with Gasteiger partial charge in [0.1, 0.15) is 5.82 Å². The number of imidazole rings is 1. The highest BCUT2D eigenvalue weighted by molar-refractivity contribution is 7.16. The Bertz CT molecular complexity index is 667. The van der Waals surface area contributed by atoms with Crippen LogP contribution in [0.5, 0.6) is 0 Å². The minimum absolute atomic E-state index is 0.292. The Morgan fingerprint density at radius 2 is 2.18 bits per heavy atom. The summed E-state index contributed by atoms with van der Waals surface area (Å²) in [7, 11) is 0. The molecule has 0 saturated carbocycles. The number of aromatic amines is 1. The lowest BCUT2D eigenvalue weighted by molar-refractivity contribution is 0.1000. The summed E-state index contributed by atoms with van der Waals surface area (Å²) in [5.74, 6) is 0.188. The molecule has 0 bridgehead atoms. The number of H-pyrrole nitrogens is 1. The minimum Gasteiger partial charge on any atom is -0.364 e. The lowest BCUT2D eigenvalue weighted by Crippen LogP contribution is -2.09. The van der Waals surface area contributed by atoms with Gasteiger partial charge in [0.2, 0.25) is 0 Å². The highest BCUT2D eigenvalue weighted by Gasteiger charge is 2.11. The zero-order valence-corrected chi connectivity index (χ0v) is 9.49. The van der Waals surface area contributed by atoms with Crippen molar-refractivity contribution in [3.63, 3.8) is 0 Å². The molecular weight excluding hydrogens is 236 g/mol. The van der Waals surface area contributed by atoms with Crippen molar-refractivity contribution in [2.75, 3.05) is 0 Å². The average molecular weight is 244 g/mol. The number of aromatic nitrogens is 3. The third-order valence-corrected chi connectivity index (χ3v) is 3.36. The molecule has 2 aromatic heterocycles. The second-order valence-corrected chi connectivity index (χ2v) is 4.53. The summed E-state index contributed by atoms with van der Waals surface area (Å²) in [6, 6.07) is 7.73. The first-order chi connectivity index (χ1) is 8.24. The predicted octanol–water partition coefficient (Wildman–Crippen LogP) is 1.79. The average Bonchev–Trinajstić information content (AvgIpc) is 2.95. The molecule has 3 N–H and O–H groups in total. The van der Waals surface area contributed by atoms with Gasteiger partial charge in [0, 0.05) is 6.20 Å². The molecule has 3 rings (SSSR count). The van der Waals surface area contributed by atoms with E-state index in [2.05, 4.69) is 15.0 Å². The van der Waals surface area contributed by atoms with E-state index in [0.717, 1.165) is 15.9 Å². The zero-order valence-electron chi connectivity index (χ0n) is 8.68. The number of primary amides is 1. The molecule has 0 fully saturated rings. The Labute approximate surface area is 100 Å². The number of amides is 1. The molecule has 1 aromatic carbocycles. The van der Waals surface area contributed by atoms with E-state index in [1.165, 1.54) is 11.3 Å². The van der Waals surface area contributed by atoms with Gasteiger partial charge >= 0.3 is 0 Å². The van der Waals surface area contributed by atoms with E-state index < -0.39 is 5.91 Å². The zero-order chi connectivity index (χ0) is 11.8. The van der Waals surface area contributed by atoms with Crippen molar-refractivity contribution in [2.45, 2.75) is 0 Å². The second-order valence-electron chi connectivity index (χ2n) is 3.50. The van der Waals surface area contributed by atoms with Crippen LogP contribution in [-0.4, -0.2) is 20.9 Å². The Morgan fingerprint density at radius 1 is 1.35 bits per heavy atom. The molecule has 0 radical (unpaired) electrons. The molecule has 17 heavy (non-hydrogen) atoms. The molecule has 0 atom stereocenters. The van der Waals surface area contributed by atoms with Gasteiger partial charge in [0.25, 0.3) is 5.91 Å². The van der Waals surface area contributed by atoms with E-state index in [9.17, 15) is 4.79 Å². The first-order valence-electron chi connectivity index (χ1n) is 4.95. The number of rotatable bonds is 2. The fourth-order valence-electron chi connectivity index (χ4n) is 1.57. The van der Waals surface area contributed by atoms with Gasteiger partial charge in [-0.2, -0.15) is 0 Å². The third kappa shape index (κ3) is 1.68. The summed E-state index contributed by atoms with van der Waals surface area (Å²) in [5, 5.41) is 0.292. The molecule has 6 heteroatoms. The lowest BCUT2D eigenvalue weighted by atomic mass is 10.3. The van der Waals surface area contributed by atoms with Crippen molar-refractivity contribution < 1.29 is 4.79 Å². The monoisotopic (exact) mass is 244 g/mol. The van der Waals surface area contributed by atoms with Crippen LogP contribution in [0.3, 0.4) is 0 Å². The fourth-order valence-corrected chi connectivity index (χ4v) is 2.28. The number of carbonyl (C=O) groups is 1. The molecule has 0 spiro atoms. The van der Waals surface area contributed by atoms with E-state index in [0.29, 0.717) is 10.8 Å². The van der Waals surface area contributed by atoms with Gasteiger partial charge in [-0.3, -0.25) is 4.79 Å². The van der Waals surface area contributed by atoms with Crippen LogP contribution in [0.25, 0.3) is 21.7 Å². The number of nitrogens with one attached hydrogen (secondary N) is 1. The molecule has 5 nitrogen and oxygen atoms in total. The van der Waals surface area contributed by atoms with Gasteiger partial charge < -0.3 is 10.7 Å². The highest BCUT2D eigenvalue weighted by atomic mass is 32.1. The molecular formula is C11H8N4OS. The van der Waals surface area contributed by atoms with Gasteiger partial charge in [-0.05, 0) is 12.1 Å². The number of nitrogens with two attached hydrogens (primary N) is 1. The summed E-state index contributed by atoms with van der Waals surface area (Å²) in [6.45, 7) is 0. The molecule has 0 aliphatic heterocycles. The maximum atomic E-state index is 11.0. The van der Waals surface area contributed by atoms with E-state index in [1.807, 2.05) is 24.3 Å². The SMILES string of the molecule is NC(=O)c1ncc(-c2nc3ccccc3[nH]2)s1. The highest BCUT2D eigenvalue weighted by Crippen LogP contribution is 2.25. The standard InChI is InChI=1S/C11H8N4OS/c12-9(16)11-13-5-8(17-11)10-14-6-3-1-2-4-7(6)15-10/h1-5H,(H2,12,16)(H,14,15). The number of carbonyl (C=O) groups excluding carboxylic acids is 1. The van der Waals surface area contributed by atoms with Crippen LogP contribution < -0.4 is 5.73 Å². The maximum Gasteiger partial charge on any atom is 0.277 e. The quantitative estimate of drug-likeness (QED) is 0.720. The van der Waals surface area contributed by atoms with E-state index >= 15 is 0 Å². The van der Waals surface area contributed by atoms with Crippen LogP contribution in [0.2, 0.25) is 0 Å². The number of nitrogens with zero attached hydrogens (tertiary/aromatic N) is 2. The van der Waals surface area contributed by atoms with Gasteiger partial charge in [0.05, 0.1) is 15.9 Å². The van der Waals surface area contributed by atoms with Gasteiger partial charge in [-0.1, -0.05) is 12.1 Å². The van der Waals surface area contributed by atoms with Crippen LogP contribution in [0.15, 0.2) is 30.5 Å². The van der Waals surface area contributed by atoms with Crippen molar-refractivity contribution in [3.05, 3.63) is 35.5 Å². The fraction of sp³-hybridized carbons (Fsp3) is 0. The van der Waals surface area contributed by atoms with Crippen LogP contribution in [-0.2, 0) is 0 Å². The van der Waals surface area contributed by atoms with E-state index in [1.54, 1.807) is 6.20 Å². The summed E-state index contributed by atoms with van der Waals surface area (Å²) in [5.41, 5.74) is 7.00. The normalized spacial score (nSPS) is 10.8. The minimum atomic E-state index is -0.516. The molecule has 84 valence electrons. The number of benzene rings is 1. The second kappa shape index (κ2) is 3.67. The smallest absolute Gasteiger partial charge is 0.277 e. The van der Waals surface area contributed by atoms with Crippen LogP contribution in [0.1, 0.15) is 9.80 Å². The Hall–Kier alpha value is -2.21. The number of hydrogen-bond donors (Lipinski definition) is 2. The molecule has 0 saturated heterocycles. The van der Waals surface area contributed by atoms with Gasteiger partial charge in [-0.15, -0.1) is 11.3 Å². The summed E-state index contributed by atoms with van der Waals surface area (Å²) >= 11 is 1.23. The van der Waals surface area contributed by atoms with Gasteiger partial charge in [-0.25, -0.2) is 9.97 Å². The maximum absolute atomic E-state index is 11.0. The number of fused-ring (bicyclic) bond motifs is 1. The molecule has 3 aromatic rings. The van der Waals surface area contributed by atoms with Crippen LogP contribution >= 0.6 is 11.3 Å². The lowest BCUT2D eigenvalue weighted by Gasteiger charge is -1.86. The molecule has 2 heterocycles. The Kier molecular flexibility index (Phi) is 2.15. The van der Waals surface area contributed by atoms with Crippen molar-refractivity contribution in [1.29, 1.82) is 0 Å². The first kappa shape index (κ1) is 9.98. The topological polar surface area (TPSA) is 84.7 Å². The van der Waals surface area contributed by atoms with Crippen molar-refractivity contribution in [3.8, 4) is 10.7 Å². The molecule has 0 aliphatic carbocycles. The van der Waals surface area contributed by atoms with Gasteiger partial charge in [0.15, 0.2) is 5.01 Å². The summed E-state index contributed by atoms with van der Waals surface area (Å²) in [6.07, 6.45) is 1.60. The predicted molar refractivity (Wildman–Crippen MR) is 65.7 cm³/mol. The molecule has 0 aliphatic rings. The van der Waals surface area contributed by atoms with E-state index in [4.69, 9.17) is 5.73 Å². The number of thiazole rings is 1. The van der Waals surface area contributed by atoms with Crippen molar-refractivity contribution >= 4 is 28.3 Å². The van der Waals surface area contributed by atoms with Crippen LogP contribution in [0.4, 0.5) is 0 Å². The largest absolute Gasteiger partial charge is 0.364 e. The van der Waals surface area contributed by atoms with Crippen molar-refractivity contribution in [1.82, 2.24) is 15.0 Å². The number of para-hydroxylation sites is 2. The Balaban J connectivity index is 2.10. The summed E-state index contributed by atoms with van der Waals surface area (Å²) in [4.78, 5) is 23.3. The first-order valence-corrected chi connectivity index (χ1v) is 5.76. The summed E-state index contributed by atoms with van der Waals surface area (Å²) < 4.78 is 0. The van der Waals surface area contributed by atoms with Crippen molar-refractivity contribution in [2.24, 2.45) is 5.73 Å². The Morgan fingerprint density at radius 3 is 2.88 bits per heavy atom. The van der Waals surface area contributed by atoms with E-state index in [-0.39, 0.29) is 0 Å². The molecule has 0 unspecified atom stereocenters. The third-order valence-electron chi connectivity index (χ3n) is 2.34.